The van der Waals surface area contributed by atoms with Crippen LogP contribution >= 0.6 is 35.7 Å². The molecule has 1 aliphatic rings. The summed E-state index contributed by atoms with van der Waals surface area (Å²) >= 11 is 1.89. The van der Waals surface area contributed by atoms with Gasteiger partial charge in [0.15, 0.2) is 5.96 Å². The molecule has 0 spiro atoms. The SMILES string of the molecule is CN=C(NCCCSC)NCCCN1CCCCCC1.I. The van der Waals surface area contributed by atoms with Gasteiger partial charge in [-0.05, 0) is 57.3 Å². The van der Waals surface area contributed by atoms with Gasteiger partial charge in [-0.25, -0.2) is 0 Å². The Morgan fingerprint density at radius 1 is 1.05 bits per heavy atom. The number of hydrogen-bond acceptors (Lipinski definition) is 3. The molecule has 0 amide bonds. The average molecular weight is 428 g/mol. The van der Waals surface area contributed by atoms with E-state index in [0.29, 0.717) is 0 Å². The van der Waals surface area contributed by atoms with Crippen LogP contribution in [0.15, 0.2) is 4.99 Å². The van der Waals surface area contributed by atoms with Crippen molar-refractivity contribution in [3.63, 3.8) is 0 Å². The first-order valence-corrected chi connectivity index (χ1v) is 9.42. The summed E-state index contributed by atoms with van der Waals surface area (Å²) < 4.78 is 0. The fourth-order valence-corrected chi connectivity index (χ4v) is 2.95. The number of aliphatic imine (C=N–C) groups is 1. The number of likely N-dealkylation sites (tertiary alicyclic amines) is 1. The molecule has 0 aromatic carbocycles. The Labute approximate surface area is 152 Å². The number of nitrogens with one attached hydrogen (secondary N) is 2. The molecular weight excluding hydrogens is 395 g/mol. The van der Waals surface area contributed by atoms with Crippen LogP contribution in [0.1, 0.15) is 38.5 Å². The summed E-state index contributed by atoms with van der Waals surface area (Å²) in [5.74, 6) is 2.15. The normalized spacial score (nSPS) is 17.0. The van der Waals surface area contributed by atoms with E-state index in [4.69, 9.17) is 0 Å². The van der Waals surface area contributed by atoms with Crippen LogP contribution in [0.2, 0.25) is 0 Å². The molecule has 4 nitrogen and oxygen atoms in total. The second-order valence-corrected chi connectivity index (χ2v) is 6.37. The Hall–Kier alpha value is 0.310. The van der Waals surface area contributed by atoms with Crippen molar-refractivity contribution in [3.05, 3.63) is 0 Å². The van der Waals surface area contributed by atoms with Crippen LogP contribution in [-0.4, -0.2) is 62.6 Å². The first-order chi connectivity index (χ1) is 9.86. The second kappa shape index (κ2) is 15.2. The van der Waals surface area contributed by atoms with E-state index in [2.05, 4.69) is 26.8 Å². The van der Waals surface area contributed by atoms with E-state index in [1.165, 1.54) is 63.9 Å². The van der Waals surface area contributed by atoms with Crippen molar-refractivity contribution >= 4 is 41.7 Å². The first kappa shape index (κ1) is 21.3. The van der Waals surface area contributed by atoms with Gasteiger partial charge >= 0.3 is 0 Å². The summed E-state index contributed by atoms with van der Waals surface area (Å²) in [5, 5.41) is 6.77. The van der Waals surface area contributed by atoms with Crippen LogP contribution in [-0.2, 0) is 0 Å². The molecule has 21 heavy (non-hydrogen) atoms. The monoisotopic (exact) mass is 428 g/mol. The topological polar surface area (TPSA) is 39.7 Å². The molecule has 0 unspecified atom stereocenters. The van der Waals surface area contributed by atoms with E-state index in [0.717, 1.165) is 19.0 Å². The number of rotatable bonds is 8. The minimum atomic E-state index is 0. The summed E-state index contributed by atoms with van der Waals surface area (Å²) in [4.78, 5) is 6.87. The first-order valence-electron chi connectivity index (χ1n) is 8.02. The van der Waals surface area contributed by atoms with Crippen LogP contribution in [0.4, 0.5) is 0 Å². The van der Waals surface area contributed by atoms with Gasteiger partial charge in [0.2, 0.25) is 0 Å². The van der Waals surface area contributed by atoms with Gasteiger partial charge in [-0.3, -0.25) is 4.99 Å². The molecule has 0 aliphatic carbocycles. The number of nitrogens with zero attached hydrogens (tertiary/aromatic N) is 2. The zero-order valence-electron chi connectivity index (χ0n) is 13.7. The summed E-state index contributed by atoms with van der Waals surface area (Å²) in [6.45, 7) is 5.82. The van der Waals surface area contributed by atoms with Crippen LogP contribution in [0.25, 0.3) is 0 Å². The lowest BCUT2D eigenvalue weighted by atomic mass is 10.2. The molecule has 1 heterocycles. The van der Waals surface area contributed by atoms with Crippen molar-refractivity contribution in [2.24, 2.45) is 4.99 Å². The van der Waals surface area contributed by atoms with E-state index < -0.39 is 0 Å². The maximum absolute atomic E-state index is 4.26. The van der Waals surface area contributed by atoms with Gasteiger partial charge < -0.3 is 15.5 Å². The Bertz CT molecular complexity index is 256. The predicted octanol–water partition coefficient (Wildman–Crippen LogP) is 2.79. The van der Waals surface area contributed by atoms with Crippen molar-refractivity contribution in [1.82, 2.24) is 15.5 Å². The zero-order chi connectivity index (χ0) is 14.5. The second-order valence-electron chi connectivity index (χ2n) is 5.38. The molecule has 1 fully saturated rings. The molecular formula is C15H33IN4S. The van der Waals surface area contributed by atoms with Crippen molar-refractivity contribution in [1.29, 1.82) is 0 Å². The largest absolute Gasteiger partial charge is 0.356 e. The standard InChI is InChI=1S/C15H32N4S.HI/c1-16-15(18-10-8-14-20-2)17-9-7-13-19-11-5-3-4-6-12-19;/h3-14H2,1-2H3,(H2,16,17,18);1H. The van der Waals surface area contributed by atoms with E-state index in [1.54, 1.807) is 0 Å². The number of guanidine groups is 1. The summed E-state index contributed by atoms with van der Waals surface area (Å²) in [6.07, 6.45) is 10.1. The highest BCUT2D eigenvalue weighted by molar-refractivity contribution is 14.0. The van der Waals surface area contributed by atoms with E-state index in [1.807, 2.05) is 18.8 Å². The van der Waals surface area contributed by atoms with Gasteiger partial charge in [-0.2, -0.15) is 11.8 Å². The Morgan fingerprint density at radius 3 is 2.24 bits per heavy atom. The lowest BCUT2D eigenvalue weighted by Crippen LogP contribution is -2.39. The van der Waals surface area contributed by atoms with Gasteiger partial charge in [0.1, 0.15) is 0 Å². The van der Waals surface area contributed by atoms with Crippen LogP contribution in [0, 0.1) is 0 Å². The molecule has 0 aromatic rings. The Balaban J connectivity index is 0.00000400. The quantitative estimate of drug-likeness (QED) is 0.270. The van der Waals surface area contributed by atoms with Gasteiger partial charge in [0, 0.05) is 20.1 Å². The highest BCUT2D eigenvalue weighted by Gasteiger charge is 2.08. The fraction of sp³-hybridized carbons (Fsp3) is 0.933. The molecule has 1 aliphatic heterocycles. The van der Waals surface area contributed by atoms with E-state index in [9.17, 15) is 0 Å². The van der Waals surface area contributed by atoms with Crippen LogP contribution in [0.3, 0.4) is 0 Å². The third-order valence-electron chi connectivity index (χ3n) is 3.68. The lowest BCUT2D eigenvalue weighted by Gasteiger charge is -2.20. The molecule has 0 bridgehead atoms. The van der Waals surface area contributed by atoms with Crippen molar-refractivity contribution in [2.75, 3.05) is 51.8 Å². The molecule has 126 valence electrons. The van der Waals surface area contributed by atoms with Gasteiger partial charge in [0.25, 0.3) is 0 Å². The van der Waals surface area contributed by atoms with Gasteiger partial charge in [-0.15, -0.1) is 24.0 Å². The minimum absolute atomic E-state index is 0. The van der Waals surface area contributed by atoms with Gasteiger partial charge in [0.05, 0.1) is 0 Å². The molecule has 0 atom stereocenters. The molecule has 1 saturated heterocycles. The number of hydrogen-bond donors (Lipinski definition) is 2. The Morgan fingerprint density at radius 2 is 1.67 bits per heavy atom. The zero-order valence-corrected chi connectivity index (χ0v) is 16.8. The third kappa shape index (κ3) is 11.5. The summed E-state index contributed by atoms with van der Waals surface area (Å²) in [6, 6.07) is 0. The van der Waals surface area contributed by atoms with Crippen molar-refractivity contribution in [3.8, 4) is 0 Å². The Kier molecular flexibility index (Phi) is 15.4. The minimum Gasteiger partial charge on any atom is -0.356 e. The molecule has 6 heteroatoms. The number of thioether (sulfide) groups is 1. The van der Waals surface area contributed by atoms with E-state index in [-0.39, 0.29) is 24.0 Å². The summed E-state index contributed by atoms with van der Waals surface area (Å²) in [7, 11) is 1.85. The predicted molar refractivity (Wildman–Crippen MR) is 107 cm³/mol. The molecule has 0 saturated carbocycles. The third-order valence-corrected chi connectivity index (χ3v) is 4.38. The average Bonchev–Trinajstić information content (AvgIpc) is 2.74. The van der Waals surface area contributed by atoms with Crippen molar-refractivity contribution < 1.29 is 0 Å². The van der Waals surface area contributed by atoms with Crippen LogP contribution in [0.5, 0.6) is 0 Å². The molecule has 0 aromatic heterocycles. The molecule has 1 rings (SSSR count). The van der Waals surface area contributed by atoms with Crippen LogP contribution < -0.4 is 10.6 Å². The van der Waals surface area contributed by atoms with Crippen molar-refractivity contribution in [2.45, 2.75) is 38.5 Å². The van der Waals surface area contributed by atoms with Gasteiger partial charge in [-0.1, -0.05) is 12.8 Å². The lowest BCUT2D eigenvalue weighted by molar-refractivity contribution is 0.282. The highest BCUT2D eigenvalue weighted by Crippen LogP contribution is 2.09. The molecule has 2 N–H and O–H groups in total. The molecule has 0 radical (unpaired) electrons. The smallest absolute Gasteiger partial charge is 0.190 e. The maximum Gasteiger partial charge on any atom is 0.190 e. The highest BCUT2D eigenvalue weighted by atomic mass is 127. The summed E-state index contributed by atoms with van der Waals surface area (Å²) in [5.41, 5.74) is 0. The van der Waals surface area contributed by atoms with E-state index >= 15 is 0 Å². The maximum atomic E-state index is 4.26. The number of halogens is 1. The fourth-order valence-electron chi connectivity index (χ4n) is 2.51.